The van der Waals surface area contributed by atoms with Crippen LogP contribution < -0.4 is 5.32 Å². The molecule has 0 aliphatic heterocycles. The summed E-state index contributed by atoms with van der Waals surface area (Å²) < 4.78 is 0. The Morgan fingerprint density at radius 2 is 2.21 bits per heavy atom. The fraction of sp³-hybridized carbons (Fsp3) is 0.400. The Morgan fingerprint density at radius 1 is 1.42 bits per heavy atom. The van der Waals surface area contributed by atoms with E-state index in [9.17, 15) is 9.90 Å². The lowest BCUT2D eigenvalue weighted by atomic mass is 10.1. The van der Waals surface area contributed by atoms with Crippen molar-refractivity contribution in [1.29, 1.82) is 0 Å². The summed E-state index contributed by atoms with van der Waals surface area (Å²) in [6.45, 7) is 0.138. The number of carbonyl (C=O) groups excluding carboxylic acids is 1. The molecular formula is C15H18ClNO2. The van der Waals surface area contributed by atoms with Gasteiger partial charge in [0.1, 0.15) is 0 Å². The summed E-state index contributed by atoms with van der Waals surface area (Å²) in [6.07, 6.45) is 6.19. The first-order chi connectivity index (χ1) is 9.20. The molecule has 0 spiro atoms. The first-order valence-corrected chi connectivity index (χ1v) is 6.92. The zero-order valence-corrected chi connectivity index (χ0v) is 11.4. The number of aliphatic hydroxyl groups is 1. The molecule has 1 saturated carbocycles. The largest absolute Gasteiger partial charge is 0.396 e. The minimum atomic E-state index is -0.134. The van der Waals surface area contributed by atoms with Gasteiger partial charge in [0, 0.05) is 29.7 Å². The van der Waals surface area contributed by atoms with E-state index in [1.165, 1.54) is 6.08 Å². The van der Waals surface area contributed by atoms with Crippen LogP contribution in [0.4, 0.5) is 0 Å². The van der Waals surface area contributed by atoms with Crippen molar-refractivity contribution in [2.24, 2.45) is 5.92 Å². The van der Waals surface area contributed by atoms with Gasteiger partial charge in [-0.3, -0.25) is 4.79 Å². The Balaban J connectivity index is 1.93. The fourth-order valence-corrected chi connectivity index (χ4v) is 2.65. The van der Waals surface area contributed by atoms with Crippen molar-refractivity contribution >= 4 is 23.6 Å². The minimum absolute atomic E-state index is 0.0911. The van der Waals surface area contributed by atoms with Crippen LogP contribution in [0.15, 0.2) is 30.3 Å². The van der Waals surface area contributed by atoms with E-state index >= 15 is 0 Å². The number of rotatable bonds is 4. The van der Waals surface area contributed by atoms with Crippen LogP contribution in [0.25, 0.3) is 6.08 Å². The van der Waals surface area contributed by atoms with Crippen molar-refractivity contribution in [3.05, 3.63) is 40.9 Å². The summed E-state index contributed by atoms with van der Waals surface area (Å²) in [5, 5.41) is 12.8. The molecule has 0 aromatic heterocycles. The van der Waals surface area contributed by atoms with Crippen LogP contribution in [0.1, 0.15) is 24.8 Å². The molecule has 2 N–H and O–H groups in total. The van der Waals surface area contributed by atoms with Crippen molar-refractivity contribution in [1.82, 2.24) is 5.32 Å². The van der Waals surface area contributed by atoms with Gasteiger partial charge in [-0.05, 0) is 30.5 Å². The lowest BCUT2D eigenvalue weighted by molar-refractivity contribution is -0.117. The Labute approximate surface area is 118 Å². The van der Waals surface area contributed by atoms with E-state index in [1.807, 2.05) is 18.2 Å². The molecule has 102 valence electrons. The lowest BCUT2D eigenvalue weighted by Crippen LogP contribution is -2.37. The topological polar surface area (TPSA) is 49.3 Å². The normalized spacial score (nSPS) is 22.8. The molecule has 1 fully saturated rings. The van der Waals surface area contributed by atoms with E-state index in [0.717, 1.165) is 24.8 Å². The van der Waals surface area contributed by atoms with Gasteiger partial charge in [-0.25, -0.2) is 0 Å². The Morgan fingerprint density at radius 3 is 2.95 bits per heavy atom. The van der Waals surface area contributed by atoms with Crippen LogP contribution in [0.2, 0.25) is 5.02 Å². The third kappa shape index (κ3) is 3.82. The molecule has 0 heterocycles. The maximum atomic E-state index is 11.8. The molecule has 19 heavy (non-hydrogen) atoms. The quantitative estimate of drug-likeness (QED) is 0.833. The van der Waals surface area contributed by atoms with Crippen molar-refractivity contribution in [3.8, 4) is 0 Å². The molecule has 3 nitrogen and oxygen atoms in total. The van der Waals surface area contributed by atoms with E-state index in [1.54, 1.807) is 12.1 Å². The summed E-state index contributed by atoms with van der Waals surface area (Å²) in [4.78, 5) is 11.8. The van der Waals surface area contributed by atoms with Gasteiger partial charge in [-0.2, -0.15) is 0 Å². The van der Waals surface area contributed by atoms with E-state index in [2.05, 4.69) is 5.32 Å². The van der Waals surface area contributed by atoms with Crippen molar-refractivity contribution in [3.63, 3.8) is 0 Å². The van der Waals surface area contributed by atoms with Gasteiger partial charge < -0.3 is 10.4 Å². The van der Waals surface area contributed by atoms with Crippen LogP contribution in [-0.2, 0) is 4.79 Å². The maximum Gasteiger partial charge on any atom is 0.244 e. The highest BCUT2D eigenvalue weighted by molar-refractivity contribution is 6.32. The molecule has 1 amide bonds. The number of aliphatic hydroxyl groups excluding tert-OH is 1. The number of amides is 1. The van der Waals surface area contributed by atoms with E-state index < -0.39 is 0 Å². The summed E-state index contributed by atoms with van der Waals surface area (Å²) >= 11 is 6.01. The average Bonchev–Trinajstić information content (AvgIpc) is 2.85. The molecule has 0 radical (unpaired) electrons. The predicted octanol–water partition coefficient (Wildman–Crippen LogP) is 2.63. The van der Waals surface area contributed by atoms with Crippen LogP contribution in [0, 0.1) is 5.92 Å². The second-order valence-electron chi connectivity index (χ2n) is 4.84. The van der Waals surface area contributed by atoms with Crippen LogP contribution in [-0.4, -0.2) is 23.7 Å². The van der Waals surface area contributed by atoms with Gasteiger partial charge in [0.05, 0.1) is 0 Å². The molecule has 0 saturated heterocycles. The van der Waals surface area contributed by atoms with Gasteiger partial charge in [-0.15, -0.1) is 0 Å². The number of hydrogen-bond donors (Lipinski definition) is 2. The van der Waals surface area contributed by atoms with Gasteiger partial charge >= 0.3 is 0 Å². The fourth-order valence-electron chi connectivity index (χ4n) is 2.45. The second kappa shape index (κ2) is 6.73. The number of nitrogens with one attached hydrogen (secondary N) is 1. The average molecular weight is 280 g/mol. The van der Waals surface area contributed by atoms with Gasteiger partial charge in [0.2, 0.25) is 5.91 Å². The highest BCUT2D eigenvalue weighted by atomic mass is 35.5. The molecule has 1 aliphatic rings. The van der Waals surface area contributed by atoms with E-state index in [0.29, 0.717) is 5.02 Å². The van der Waals surface area contributed by atoms with Crippen LogP contribution in [0.5, 0.6) is 0 Å². The molecule has 1 aliphatic carbocycles. The summed E-state index contributed by atoms with van der Waals surface area (Å²) in [5.74, 6) is 0.0583. The standard InChI is InChI=1S/C15H18ClNO2/c16-13-6-2-1-4-11(13)8-9-15(19)17-14-7-3-5-12(14)10-18/h1-2,4,6,8-9,12,14,18H,3,5,7,10H2,(H,17,19)/b9-8+. The first-order valence-electron chi connectivity index (χ1n) is 6.54. The molecule has 2 unspecified atom stereocenters. The molecule has 0 bridgehead atoms. The van der Waals surface area contributed by atoms with Crippen molar-refractivity contribution in [2.75, 3.05) is 6.61 Å². The maximum absolute atomic E-state index is 11.8. The molecular weight excluding hydrogens is 262 g/mol. The van der Waals surface area contributed by atoms with Crippen LogP contribution >= 0.6 is 11.6 Å². The number of carbonyl (C=O) groups is 1. The Kier molecular flexibility index (Phi) is 5.00. The monoisotopic (exact) mass is 279 g/mol. The Hall–Kier alpha value is -1.32. The first kappa shape index (κ1) is 14.1. The number of halogens is 1. The highest BCUT2D eigenvalue weighted by Gasteiger charge is 2.27. The number of benzene rings is 1. The zero-order valence-electron chi connectivity index (χ0n) is 10.7. The molecule has 2 rings (SSSR count). The summed E-state index contributed by atoms with van der Waals surface area (Å²) in [6, 6.07) is 7.47. The van der Waals surface area contributed by atoms with E-state index in [4.69, 9.17) is 11.6 Å². The highest BCUT2D eigenvalue weighted by Crippen LogP contribution is 2.25. The van der Waals surface area contributed by atoms with Crippen molar-refractivity contribution in [2.45, 2.75) is 25.3 Å². The zero-order chi connectivity index (χ0) is 13.7. The molecule has 1 aromatic rings. The molecule has 1 aromatic carbocycles. The Bertz CT molecular complexity index is 473. The van der Waals surface area contributed by atoms with Crippen molar-refractivity contribution < 1.29 is 9.90 Å². The SMILES string of the molecule is O=C(/C=C/c1ccccc1Cl)NC1CCCC1CO. The van der Waals surface area contributed by atoms with Crippen LogP contribution in [0.3, 0.4) is 0 Å². The van der Waals surface area contributed by atoms with Gasteiger partial charge in [0.15, 0.2) is 0 Å². The third-order valence-electron chi connectivity index (χ3n) is 3.54. The minimum Gasteiger partial charge on any atom is -0.396 e. The predicted molar refractivity (Wildman–Crippen MR) is 76.8 cm³/mol. The van der Waals surface area contributed by atoms with E-state index in [-0.39, 0.29) is 24.5 Å². The van der Waals surface area contributed by atoms with Gasteiger partial charge in [-0.1, -0.05) is 36.2 Å². The smallest absolute Gasteiger partial charge is 0.244 e. The summed E-state index contributed by atoms with van der Waals surface area (Å²) in [7, 11) is 0. The molecule has 2 atom stereocenters. The number of hydrogen-bond acceptors (Lipinski definition) is 2. The second-order valence-corrected chi connectivity index (χ2v) is 5.25. The molecule has 4 heteroatoms. The summed E-state index contributed by atoms with van der Waals surface area (Å²) in [5.41, 5.74) is 0.824. The lowest BCUT2D eigenvalue weighted by Gasteiger charge is -2.17. The third-order valence-corrected chi connectivity index (χ3v) is 3.88. The van der Waals surface area contributed by atoms with Gasteiger partial charge in [0.25, 0.3) is 0 Å².